The fourth-order valence-corrected chi connectivity index (χ4v) is 1.46. The summed E-state index contributed by atoms with van der Waals surface area (Å²) < 4.78 is 55.5. The third kappa shape index (κ3) is 4.64. The number of benzene rings is 1. The van der Waals surface area contributed by atoms with E-state index in [1.165, 1.54) is 13.0 Å². The van der Waals surface area contributed by atoms with Crippen LogP contribution in [0.1, 0.15) is 24.1 Å². The topological polar surface area (TPSA) is 52.3 Å². The maximum atomic E-state index is 13.6. The van der Waals surface area contributed by atoms with Crippen molar-refractivity contribution in [1.29, 1.82) is 0 Å². The van der Waals surface area contributed by atoms with E-state index in [0.29, 0.717) is 0 Å². The Hall–Kier alpha value is -1.34. The Bertz CT molecular complexity index is 453. The van der Waals surface area contributed by atoms with Crippen molar-refractivity contribution in [3.8, 4) is 0 Å². The van der Waals surface area contributed by atoms with E-state index >= 15 is 0 Å². The average Bonchev–Trinajstić information content (AvgIpc) is 2.36. The number of halogens is 5. The van der Waals surface area contributed by atoms with Gasteiger partial charge in [0.15, 0.2) is 0 Å². The monoisotopic (exact) mass is 315 g/mol. The molecule has 0 aliphatic rings. The molecule has 1 aromatic rings. The third-order valence-corrected chi connectivity index (χ3v) is 2.43. The summed E-state index contributed by atoms with van der Waals surface area (Å²) >= 11 is 0. The summed E-state index contributed by atoms with van der Waals surface area (Å²) in [4.78, 5) is 11.1. The molecular weight excluding hydrogens is 302 g/mol. The lowest BCUT2D eigenvalue weighted by atomic mass is 10.0. The molecule has 114 valence electrons. The van der Waals surface area contributed by atoms with Crippen LogP contribution in [0, 0.1) is 0 Å². The maximum Gasteiger partial charge on any atom is 0.416 e. The lowest BCUT2D eigenvalue weighted by Crippen LogP contribution is -2.31. The Morgan fingerprint density at radius 2 is 2.00 bits per heavy atom. The van der Waals surface area contributed by atoms with E-state index in [1.807, 2.05) is 0 Å². The molecule has 1 rings (SSSR count). The van der Waals surface area contributed by atoms with Gasteiger partial charge in [0.2, 0.25) is 6.17 Å². The highest BCUT2D eigenvalue weighted by atomic mass is 35.5. The molecule has 2 atom stereocenters. The van der Waals surface area contributed by atoms with Crippen LogP contribution < -0.4 is 5.73 Å². The van der Waals surface area contributed by atoms with Crippen LogP contribution >= 0.6 is 12.4 Å². The number of hydrogen-bond acceptors (Lipinski definition) is 3. The van der Waals surface area contributed by atoms with Crippen molar-refractivity contribution in [2.24, 2.45) is 5.73 Å². The van der Waals surface area contributed by atoms with Crippen molar-refractivity contribution in [3.63, 3.8) is 0 Å². The van der Waals surface area contributed by atoms with Gasteiger partial charge in [0.05, 0.1) is 18.2 Å². The molecule has 0 aliphatic heterocycles. The first-order valence-electron chi connectivity index (χ1n) is 5.50. The van der Waals surface area contributed by atoms with E-state index < -0.39 is 29.9 Å². The molecule has 1 unspecified atom stereocenters. The summed E-state index contributed by atoms with van der Waals surface area (Å²) in [6, 6.07) is 2.40. The van der Waals surface area contributed by atoms with Crippen LogP contribution in [0.2, 0.25) is 0 Å². The molecule has 1 aromatic carbocycles. The number of esters is 1. The Kier molecular flexibility index (Phi) is 6.95. The van der Waals surface area contributed by atoms with Crippen LogP contribution in [-0.2, 0) is 15.7 Å². The second-order valence-electron chi connectivity index (χ2n) is 3.80. The van der Waals surface area contributed by atoms with E-state index in [0.717, 1.165) is 18.2 Å². The molecule has 0 spiro atoms. The Labute approximate surface area is 119 Å². The van der Waals surface area contributed by atoms with Gasteiger partial charge in [0, 0.05) is 0 Å². The number of hydrogen-bond donors (Lipinski definition) is 1. The lowest BCUT2D eigenvalue weighted by molar-refractivity contribution is -0.149. The molecule has 0 bridgehead atoms. The SMILES string of the molecule is CCOC(=O)C(F)[C@@H](N)c1cccc(C(F)(F)F)c1.Cl. The van der Waals surface area contributed by atoms with Crippen molar-refractivity contribution in [3.05, 3.63) is 35.4 Å². The number of ether oxygens (including phenoxy) is 1. The fraction of sp³-hybridized carbons (Fsp3) is 0.417. The number of carbonyl (C=O) groups is 1. The van der Waals surface area contributed by atoms with Crippen LogP contribution in [-0.4, -0.2) is 18.7 Å². The van der Waals surface area contributed by atoms with Gasteiger partial charge < -0.3 is 10.5 Å². The normalized spacial score (nSPS) is 14.1. The van der Waals surface area contributed by atoms with Gasteiger partial charge >= 0.3 is 12.1 Å². The first-order chi connectivity index (χ1) is 8.77. The molecule has 0 heterocycles. The maximum absolute atomic E-state index is 13.6. The van der Waals surface area contributed by atoms with Gasteiger partial charge in [0.1, 0.15) is 0 Å². The molecule has 0 fully saturated rings. The third-order valence-electron chi connectivity index (χ3n) is 2.43. The molecular formula is C12H14ClF4NO2. The zero-order chi connectivity index (χ0) is 14.6. The Morgan fingerprint density at radius 1 is 1.40 bits per heavy atom. The molecule has 0 aliphatic carbocycles. The minimum absolute atomic E-state index is 0. The highest BCUT2D eigenvalue weighted by molar-refractivity contribution is 5.85. The van der Waals surface area contributed by atoms with Crippen LogP contribution in [0.4, 0.5) is 17.6 Å². The van der Waals surface area contributed by atoms with Gasteiger partial charge in [-0.2, -0.15) is 13.2 Å². The number of rotatable bonds is 4. The van der Waals surface area contributed by atoms with Crippen molar-refractivity contribution < 1.29 is 27.1 Å². The number of nitrogens with two attached hydrogens (primary N) is 1. The number of carbonyl (C=O) groups excluding carboxylic acids is 1. The highest BCUT2D eigenvalue weighted by Crippen LogP contribution is 2.31. The van der Waals surface area contributed by atoms with Gasteiger partial charge in [-0.3, -0.25) is 0 Å². The summed E-state index contributed by atoms with van der Waals surface area (Å²) in [5.74, 6) is -1.19. The van der Waals surface area contributed by atoms with E-state index in [2.05, 4.69) is 4.74 Å². The van der Waals surface area contributed by atoms with Gasteiger partial charge in [-0.25, -0.2) is 9.18 Å². The Morgan fingerprint density at radius 3 is 2.50 bits per heavy atom. The fourth-order valence-electron chi connectivity index (χ4n) is 1.46. The van der Waals surface area contributed by atoms with Crippen LogP contribution in [0.5, 0.6) is 0 Å². The minimum Gasteiger partial charge on any atom is -0.464 e. The predicted molar refractivity (Wildman–Crippen MR) is 67.1 cm³/mol. The van der Waals surface area contributed by atoms with Crippen LogP contribution in [0.3, 0.4) is 0 Å². The molecule has 20 heavy (non-hydrogen) atoms. The quantitative estimate of drug-likeness (QED) is 0.686. The van der Waals surface area contributed by atoms with E-state index in [9.17, 15) is 22.4 Å². The standard InChI is InChI=1S/C12H13F4NO2.ClH/c1-2-19-11(18)9(13)10(17)7-4-3-5-8(6-7)12(14,15)16;/h3-6,9-10H,2,17H2,1H3;1H/t9?,10-;/m0./s1. The molecule has 0 radical (unpaired) electrons. The molecule has 0 aromatic heterocycles. The first kappa shape index (κ1) is 18.7. The summed E-state index contributed by atoms with van der Waals surface area (Å²) in [6.45, 7) is 1.45. The zero-order valence-corrected chi connectivity index (χ0v) is 11.3. The Balaban J connectivity index is 0.00000361. The molecule has 0 amide bonds. The summed E-state index contributed by atoms with van der Waals surface area (Å²) in [6.07, 6.45) is -6.76. The summed E-state index contributed by atoms with van der Waals surface area (Å²) in [5.41, 5.74) is 4.38. The number of alkyl halides is 4. The molecule has 3 nitrogen and oxygen atoms in total. The molecule has 2 N–H and O–H groups in total. The lowest BCUT2D eigenvalue weighted by Gasteiger charge is -2.17. The van der Waals surface area contributed by atoms with Crippen molar-refractivity contribution in [2.75, 3.05) is 6.61 Å². The van der Waals surface area contributed by atoms with Crippen molar-refractivity contribution >= 4 is 18.4 Å². The van der Waals surface area contributed by atoms with Gasteiger partial charge in [-0.1, -0.05) is 12.1 Å². The van der Waals surface area contributed by atoms with Gasteiger partial charge in [-0.05, 0) is 24.6 Å². The van der Waals surface area contributed by atoms with Crippen LogP contribution in [0.25, 0.3) is 0 Å². The van der Waals surface area contributed by atoms with Crippen molar-refractivity contribution in [1.82, 2.24) is 0 Å². The highest BCUT2D eigenvalue weighted by Gasteiger charge is 2.33. The van der Waals surface area contributed by atoms with Crippen LogP contribution in [0.15, 0.2) is 24.3 Å². The molecule has 0 saturated heterocycles. The molecule has 0 saturated carbocycles. The van der Waals surface area contributed by atoms with E-state index in [1.54, 1.807) is 0 Å². The summed E-state index contributed by atoms with van der Waals surface area (Å²) in [5, 5.41) is 0. The van der Waals surface area contributed by atoms with Crippen molar-refractivity contribution in [2.45, 2.75) is 25.3 Å². The second-order valence-corrected chi connectivity index (χ2v) is 3.80. The molecule has 8 heteroatoms. The average molecular weight is 316 g/mol. The van der Waals surface area contributed by atoms with E-state index in [-0.39, 0.29) is 24.6 Å². The van der Waals surface area contributed by atoms with E-state index in [4.69, 9.17) is 5.73 Å². The largest absolute Gasteiger partial charge is 0.464 e. The summed E-state index contributed by atoms with van der Waals surface area (Å²) in [7, 11) is 0. The second kappa shape index (κ2) is 7.44. The van der Waals surface area contributed by atoms with Gasteiger partial charge in [-0.15, -0.1) is 12.4 Å². The first-order valence-corrected chi connectivity index (χ1v) is 5.50. The van der Waals surface area contributed by atoms with Gasteiger partial charge in [0.25, 0.3) is 0 Å². The smallest absolute Gasteiger partial charge is 0.416 e. The zero-order valence-electron chi connectivity index (χ0n) is 10.5. The minimum atomic E-state index is -4.55. The predicted octanol–water partition coefficient (Wildman–Crippen LogP) is 3.03.